The molecule has 1 aromatic heterocycles. The van der Waals surface area contributed by atoms with Gasteiger partial charge in [0.1, 0.15) is 11.9 Å². The average Bonchev–Trinajstić information content (AvgIpc) is 2.82. The summed E-state index contributed by atoms with van der Waals surface area (Å²) in [4.78, 5) is 11.8. The molecule has 2 N–H and O–H groups in total. The SMILES string of the molecule is CC(Cc1ccco1)NC(=O)C1CNCCO1. The minimum Gasteiger partial charge on any atom is -0.469 e. The van der Waals surface area contributed by atoms with Gasteiger partial charge in [0.15, 0.2) is 0 Å². The van der Waals surface area contributed by atoms with Crippen molar-refractivity contribution in [1.82, 2.24) is 10.6 Å². The molecule has 2 rings (SSSR count). The molecule has 5 nitrogen and oxygen atoms in total. The number of amides is 1. The number of carbonyl (C=O) groups excluding carboxylic acids is 1. The highest BCUT2D eigenvalue weighted by molar-refractivity contribution is 5.81. The lowest BCUT2D eigenvalue weighted by Crippen LogP contribution is -2.50. The number of nitrogens with one attached hydrogen (secondary N) is 2. The lowest BCUT2D eigenvalue weighted by Gasteiger charge is -2.24. The second-order valence-corrected chi connectivity index (χ2v) is 4.26. The smallest absolute Gasteiger partial charge is 0.250 e. The second kappa shape index (κ2) is 5.84. The van der Waals surface area contributed by atoms with Crippen LogP contribution >= 0.6 is 0 Å². The summed E-state index contributed by atoms with van der Waals surface area (Å²) in [5.41, 5.74) is 0. The summed E-state index contributed by atoms with van der Waals surface area (Å²) in [6.45, 7) is 3.94. The predicted molar refractivity (Wildman–Crippen MR) is 62.6 cm³/mol. The molecule has 2 heterocycles. The van der Waals surface area contributed by atoms with Gasteiger partial charge in [0, 0.05) is 25.6 Å². The van der Waals surface area contributed by atoms with Crippen molar-refractivity contribution in [1.29, 1.82) is 0 Å². The first kappa shape index (κ1) is 12.1. The van der Waals surface area contributed by atoms with Gasteiger partial charge in [0.25, 0.3) is 5.91 Å². The van der Waals surface area contributed by atoms with Crippen LogP contribution in [0.25, 0.3) is 0 Å². The molecule has 17 heavy (non-hydrogen) atoms. The molecule has 0 saturated carbocycles. The Morgan fingerprint density at radius 2 is 2.59 bits per heavy atom. The zero-order valence-corrected chi connectivity index (χ0v) is 9.94. The van der Waals surface area contributed by atoms with Crippen molar-refractivity contribution in [3.63, 3.8) is 0 Å². The Hall–Kier alpha value is -1.33. The monoisotopic (exact) mass is 238 g/mol. The lowest BCUT2D eigenvalue weighted by atomic mass is 10.2. The van der Waals surface area contributed by atoms with E-state index in [9.17, 15) is 4.79 Å². The molecule has 0 aromatic carbocycles. The number of hydrogen-bond donors (Lipinski definition) is 2. The first-order valence-electron chi connectivity index (χ1n) is 5.91. The van der Waals surface area contributed by atoms with E-state index in [2.05, 4.69) is 10.6 Å². The molecule has 1 fully saturated rings. The fourth-order valence-corrected chi connectivity index (χ4v) is 1.85. The van der Waals surface area contributed by atoms with Crippen LogP contribution in [0.15, 0.2) is 22.8 Å². The first-order chi connectivity index (χ1) is 8.25. The summed E-state index contributed by atoms with van der Waals surface area (Å²) in [7, 11) is 0. The van der Waals surface area contributed by atoms with Crippen LogP contribution < -0.4 is 10.6 Å². The third kappa shape index (κ3) is 3.57. The summed E-state index contributed by atoms with van der Waals surface area (Å²) in [6, 6.07) is 3.79. The third-order valence-corrected chi connectivity index (χ3v) is 2.70. The van der Waals surface area contributed by atoms with Gasteiger partial charge >= 0.3 is 0 Å². The van der Waals surface area contributed by atoms with Gasteiger partial charge in [0.05, 0.1) is 12.9 Å². The fourth-order valence-electron chi connectivity index (χ4n) is 1.85. The van der Waals surface area contributed by atoms with Crippen molar-refractivity contribution in [3.8, 4) is 0 Å². The van der Waals surface area contributed by atoms with Crippen LogP contribution in [0.4, 0.5) is 0 Å². The standard InChI is InChI=1S/C12H18N2O3/c1-9(7-10-3-2-5-16-10)14-12(15)11-8-13-4-6-17-11/h2-3,5,9,11,13H,4,6-8H2,1H3,(H,14,15). The molecule has 2 unspecified atom stereocenters. The van der Waals surface area contributed by atoms with Crippen molar-refractivity contribution in [3.05, 3.63) is 24.2 Å². The van der Waals surface area contributed by atoms with Crippen LogP contribution in [0.5, 0.6) is 0 Å². The molecular formula is C12H18N2O3. The highest BCUT2D eigenvalue weighted by atomic mass is 16.5. The predicted octanol–water partition coefficient (Wildman–Crippen LogP) is 0.315. The molecule has 1 aromatic rings. The van der Waals surface area contributed by atoms with Gasteiger partial charge in [-0.05, 0) is 19.1 Å². The normalized spacial score (nSPS) is 22.1. The molecule has 1 amide bonds. The molecular weight excluding hydrogens is 220 g/mol. The van der Waals surface area contributed by atoms with E-state index in [4.69, 9.17) is 9.15 Å². The van der Waals surface area contributed by atoms with Crippen LogP contribution in [-0.2, 0) is 16.0 Å². The molecule has 0 radical (unpaired) electrons. The third-order valence-electron chi connectivity index (χ3n) is 2.70. The summed E-state index contributed by atoms with van der Waals surface area (Å²) in [5, 5.41) is 6.05. The maximum atomic E-state index is 11.8. The number of morpholine rings is 1. The van der Waals surface area contributed by atoms with Crippen molar-refractivity contribution >= 4 is 5.91 Å². The average molecular weight is 238 g/mol. The van der Waals surface area contributed by atoms with E-state index in [1.165, 1.54) is 0 Å². The van der Waals surface area contributed by atoms with E-state index >= 15 is 0 Å². The van der Waals surface area contributed by atoms with E-state index in [1.54, 1.807) is 6.26 Å². The van der Waals surface area contributed by atoms with Crippen LogP contribution in [0.2, 0.25) is 0 Å². The molecule has 1 aliphatic rings. The number of hydrogen-bond acceptors (Lipinski definition) is 4. The Labute approximate surface area is 101 Å². The topological polar surface area (TPSA) is 63.5 Å². The highest BCUT2D eigenvalue weighted by Crippen LogP contribution is 2.04. The molecule has 0 bridgehead atoms. The van der Waals surface area contributed by atoms with E-state index in [-0.39, 0.29) is 18.1 Å². The zero-order chi connectivity index (χ0) is 12.1. The second-order valence-electron chi connectivity index (χ2n) is 4.26. The van der Waals surface area contributed by atoms with E-state index in [0.717, 1.165) is 12.3 Å². The molecule has 0 spiro atoms. The van der Waals surface area contributed by atoms with Crippen LogP contribution in [-0.4, -0.2) is 37.7 Å². The molecule has 0 aliphatic carbocycles. The summed E-state index contributed by atoms with van der Waals surface area (Å²) in [6.07, 6.45) is 1.96. The number of furan rings is 1. The van der Waals surface area contributed by atoms with E-state index in [1.807, 2.05) is 19.1 Å². The lowest BCUT2D eigenvalue weighted by molar-refractivity contribution is -0.134. The van der Waals surface area contributed by atoms with Crippen molar-refractivity contribution in [2.24, 2.45) is 0 Å². The van der Waals surface area contributed by atoms with Gasteiger partial charge in [-0.3, -0.25) is 4.79 Å². The number of rotatable bonds is 4. The van der Waals surface area contributed by atoms with Crippen LogP contribution in [0, 0.1) is 0 Å². The van der Waals surface area contributed by atoms with Gasteiger partial charge < -0.3 is 19.8 Å². The Bertz CT molecular complexity index is 345. The zero-order valence-electron chi connectivity index (χ0n) is 9.94. The summed E-state index contributed by atoms with van der Waals surface area (Å²) >= 11 is 0. The maximum Gasteiger partial charge on any atom is 0.250 e. The first-order valence-corrected chi connectivity index (χ1v) is 5.91. The van der Waals surface area contributed by atoms with Gasteiger partial charge in [-0.2, -0.15) is 0 Å². The molecule has 1 aliphatic heterocycles. The summed E-state index contributed by atoms with van der Waals surface area (Å²) in [5.74, 6) is 0.816. The Balaban J connectivity index is 1.77. The molecule has 94 valence electrons. The Morgan fingerprint density at radius 1 is 1.71 bits per heavy atom. The fraction of sp³-hybridized carbons (Fsp3) is 0.583. The van der Waals surface area contributed by atoms with Gasteiger partial charge in [-0.1, -0.05) is 0 Å². The number of carbonyl (C=O) groups is 1. The molecule has 1 saturated heterocycles. The van der Waals surface area contributed by atoms with E-state index in [0.29, 0.717) is 19.6 Å². The molecule has 5 heteroatoms. The number of ether oxygens (including phenoxy) is 1. The summed E-state index contributed by atoms with van der Waals surface area (Å²) < 4.78 is 10.6. The van der Waals surface area contributed by atoms with Gasteiger partial charge in [-0.15, -0.1) is 0 Å². The van der Waals surface area contributed by atoms with Crippen LogP contribution in [0.3, 0.4) is 0 Å². The van der Waals surface area contributed by atoms with Crippen molar-refractivity contribution in [2.75, 3.05) is 19.7 Å². The highest BCUT2D eigenvalue weighted by Gasteiger charge is 2.22. The Morgan fingerprint density at radius 3 is 3.24 bits per heavy atom. The Kier molecular flexibility index (Phi) is 4.17. The quantitative estimate of drug-likeness (QED) is 0.792. The van der Waals surface area contributed by atoms with Gasteiger partial charge in [0.2, 0.25) is 0 Å². The van der Waals surface area contributed by atoms with Crippen molar-refractivity contribution < 1.29 is 13.9 Å². The largest absolute Gasteiger partial charge is 0.469 e. The maximum absolute atomic E-state index is 11.8. The minimum atomic E-state index is -0.372. The van der Waals surface area contributed by atoms with E-state index < -0.39 is 0 Å². The van der Waals surface area contributed by atoms with Crippen molar-refractivity contribution in [2.45, 2.75) is 25.5 Å². The van der Waals surface area contributed by atoms with Gasteiger partial charge in [-0.25, -0.2) is 0 Å². The minimum absolute atomic E-state index is 0.0409. The molecule has 2 atom stereocenters. The van der Waals surface area contributed by atoms with Crippen LogP contribution in [0.1, 0.15) is 12.7 Å².